The second-order valence-corrected chi connectivity index (χ2v) is 4.94. The van der Waals surface area contributed by atoms with Gasteiger partial charge in [0.1, 0.15) is 0 Å². The molecular formula is C15H17NO4. The lowest BCUT2D eigenvalue weighted by Gasteiger charge is -2.27. The van der Waals surface area contributed by atoms with Crippen LogP contribution in [0.2, 0.25) is 0 Å². The molecule has 0 saturated heterocycles. The highest BCUT2D eigenvalue weighted by Crippen LogP contribution is 2.37. The van der Waals surface area contributed by atoms with Gasteiger partial charge in [-0.1, -0.05) is 30.3 Å². The second-order valence-electron chi connectivity index (χ2n) is 4.94. The number of hydrogen-bond acceptors (Lipinski definition) is 4. The summed E-state index contributed by atoms with van der Waals surface area (Å²) in [7, 11) is 0. The summed E-state index contributed by atoms with van der Waals surface area (Å²) < 4.78 is 0. The number of aliphatic hydroxyl groups excluding tert-OH is 2. The summed E-state index contributed by atoms with van der Waals surface area (Å²) in [5, 5.41) is 19.5. The summed E-state index contributed by atoms with van der Waals surface area (Å²) in [6.07, 6.45) is -0.746. The molecular weight excluding hydrogens is 258 g/mol. The number of benzene rings is 1. The summed E-state index contributed by atoms with van der Waals surface area (Å²) in [6, 6.07) is 8.36. The molecule has 1 aromatic rings. The van der Waals surface area contributed by atoms with E-state index in [0.29, 0.717) is 0 Å². The third kappa shape index (κ3) is 2.44. The van der Waals surface area contributed by atoms with Crippen LogP contribution in [0.15, 0.2) is 41.7 Å². The van der Waals surface area contributed by atoms with Crippen LogP contribution in [-0.2, 0) is 9.59 Å². The SMILES string of the molecule is CC(=O)C1=C(O)C(=O)N(C[C@H](C)O)[C@H]1c1ccccc1. The van der Waals surface area contributed by atoms with Gasteiger partial charge < -0.3 is 15.1 Å². The van der Waals surface area contributed by atoms with Crippen molar-refractivity contribution in [3.8, 4) is 0 Å². The van der Waals surface area contributed by atoms with Crippen molar-refractivity contribution < 1.29 is 19.8 Å². The van der Waals surface area contributed by atoms with Crippen molar-refractivity contribution in [1.82, 2.24) is 4.90 Å². The molecule has 1 aliphatic rings. The smallest absolute Gasteiger partial charge is 0.290 e. The zero-order valence-electron chi connectivity index (χ0n) is 11.4. The maximum atomic E-state index is 12.1. The van der Waals surface area contributed by atoms with Crippen LogP contribution in [0.25, 0.3) is 0 Å². The fraction of sp³-hybridized carbons (Fsp3) is 0.333. The van der Waals surface area contributed by atoms with Gasteiger partial charge in [0.15, 0.2) is 11.5 Å². The van der Waals surface area contributed by atoms with Gasteiger partial charge in [-0.05, 0) is 19.4 Å². The van der Waals surface area contributed by atoms with Gasteiger partial charge in [-0.15, -0.1) is 0 Å². The Balaban J connectivity index is 2.50. The van der Waals surface area contributed by atoms with Crippen LogP contribution in [0.4, 0.5) is 0 Å². The highest BCUT2D eigenvalue weighted by atomic mass is 16.3. The lowest BCUT2D eigenvalue weighted by atomic mass is 9.97. The summed E-state index contributed by atoms with van der Waals surface area (Å²) >= 11 is 0. The number of nitrogens with zero attached hydrogens (tertiary/aromatic N) is 1. The minimum atomic E-state index is -0.746. The Kier molecular flexibility index (Phi) is 3.90. The maximum absolute atomic E-state index is 12.1. The summed E-state index contributed by atoms with van der Waals surface area (Å²) in [5.41, 5.74) is 0.817. The molecule has 1 amide bonds. The molecule has 1 aliphatic heterocycles. The number of hydrogen-bond donors (Lipinski definition) is 2. The van der Waals surface area contributed by atoms with Crippen LogP contribution in [0.5, 0.6) is 0 Å². The van der Waals surface area contributed by atoms with Crippen LogP contribution >= 0.6 is 0 Å². The van der Waals surface area contributed by atoms with Gasteiger partial charge in [-0.25, -0.2) is 0 Å². The zero-order chi connectivity index (χ0) is 14.9. The van der Waals surface area contributed by atoms with Gasteiger partial charge in [0.2, 0.25) is 0 Å². The largest absolute Gasteiger partial charge is 0.503 e. The maximum Gasteiger partial charge on any atom is 0.290 e. The quantitative estimate of drug-likeness (QED) is 0.869. The molecule has 2 atom stereocenters. The number of ketones is 1. The molecule has 1 aromatic carbocycles. The molecule has 0 fully saturated rings. The molecule has 0 unspecified atom stereocenters. The van der Waals surface area contributed by atoms with Crippen molar-refractivity contribution in [2.45, 2.75) is 26.0 Å². The Morgan fingerprint density at radius 1 is 1.35 bits per heavy atom. The minimum absolute atomic E-state index is 0.0548. The standard InChI is InChI=1S/C15H17NO4/c1-9(17)8-16-13(11-6-4-3-5-7-11)12(10(2)18)14(19)15(16)20/h3-7,9,13,17,19H,8H2,1-2H3/t9-,13-/m0/s1. The molecule has 1 heterocycles. The Hall–Kier alpha value is -2.14. The third-order valence-corrected chi connectivity index (χ3v) is 3.26. The van der Waals surface area contributed by atoms with Gasteiger partial charge in [0.25, 0.3) is 5.91 Å². The fourth-order valence-electron chi connectivity index (χ4n) is 2.47. The van der Waals surface area contributed by atoms with Gasteiger partial charge >= 0.3 is 0 Å². The van der Waals surface area contributed by atoms with E-state index >= 15 is 0 Å². The highest BCUT2D eigenvalue weighted by molar-refractivity contribution is 6.08. The van der Waals surface area contributed by atoms with E-state index in [1.54, 1.807) is 31.2 Å². The van der Waals surface area contributed by atoms with Crippen molar-refractivity contribution in [3.63, 3.8) is 0 Å². The molecule has 2 rings (SSSR count). The van der Waals surface area contributed by atoms with E-state index in [9.17, 15) is 19.8 Å². The predicted molar refractivity (Wildman–Crippen MR) is 72.9 cm³/mol. The molecule has 0 saturated carbocycles. The summed E-state index contributed by atoms with van der Waals surface area (Å²) in [4.78, 5) is 25.2. The molecule has 5 nitrogen and oxygen atoms in total. The fourth-order valence-corrected chi connectivity index (χ4v) is 2.47. The number of carbonyl (C=O) groups excluding carboxylic acids is 2. The van der Waals surface area contributed by atoms with Crippen molar-refractivity contribution in [1.29, 1.82) is 0 Å². The molecule has 2 N–H and O–H groups in total. The van der Waals surface area contributed by atoms with E-state index in [0.717, 1.165) is 5.56 Å². The molecule has 0 spiro atoms. The molecule has 5 heteroatoms. The van der Waals surface area contributed by atoms with Crippen LogP contribution in [0.3, 0.4) is 0 Å². The van der Waals surface area contributed by atoms with Crippen LogP contribution in [0.1, 0.15) is 25.5 Å². The van der Waals surface area contributed by atoms with Crippen LogP contribution in [0, 0.1) is 0 Å². The predicted octanol–water partition coefficient (Wildman–Crippen LogP) is 1.35. The van der Waals surface area contributed by atoms with Crippen molar-refractivity contribution in [2.75, 3.05) is 6.54 Å². The number of carbonyl (C=O) groups is 2. The Morgan fingerprint density at radius 3 is 2.45 bits per heavy atom. The number of rotatable bonds is 4. The van der Waals surface area contributed by atoms with Gasteiger partial charge in [0.05, 0.1) is 17.7 Å². The van der Waals surface area contributed by atoms with E-state index in [4.69, 9.17) is 0 Å². The minimum Gasteiger partial charge on any atom is -0.503 e. The molecule has 106 valence electrons. The first-order chi connectivity index (χ1) is 9.43. The molecule has 0 aliphatic carbocycles. The lowest BCUT2D eigenvalue weighted by molar-refractivity contribution is -0.130. The summed E-state index contributed by atoms with van der Waals surface area (Å²) in [6.45, 7) is 2.93. The second kappa shape index (κ2) is 5.46. The lowest BCUT2D eigenvalue weighted by Crippen LogP contribution is -2.36. The van der Waals surface area contributed by atoms with Crippen LogP contribution in [-0.4, -0.2) is 39.5 Å². The third-order valence-electron chi connectivity index (χ3n) is 3.26. The Labute approximate surface area is 117 Å². The normalized spacial score (nSPS) is 20.4. The van der Waals surface area contributed by atoms with Crippen molar-refractivity contribution in [2.24, 2.45) is 0 Å². The van der Waals surface area contributed by atoms with Gasteiger partial charge in [-0.2, -0.15) is 0 Å². The van der Waals surface area contributed by atoms with Crippen LogP contribution < -0.4 is 0 Å². The first kappa shape index (κ1) is 14.3. The average Bonchev–Trinajstić information content (AvgIpc) is 2.64. The van der Waals surface area contributed by atoms with E-state index in [1.165, 1.54) is 11.8 Å². The molecule has 0 aromatic heterocycles. The topological polar surface area (TPSA) is 77.8 Å². The Morgan fingerprint density at radius 2 is 1.95 bits per heavy atom. The van der Waals surface area contributed by atoms with Gasteiger partial charge in [-0.3, -0.25) is 9.59 Å². The van der Waals surface area contributed by atoms with E-state index in [1.807, 2.05) is 6.07 Å². The molecule has 0 bridgehead atoms. The van der Waals surface area contributed by atoms with Crippen molar-refractivity contribution in [3.05, 3.63) is 47.2 Å². The number of amides is 1. The van der Waals surface area contributed by atoms with Gasteiger partial charge in [0, 0.05) is 6.54 Å². The molecule has 20 heavy (non-hydrogen) atoms. The highest BCUT2D eigenvalue weighted by Gasteiger charge is 2.42. The average molecular weight is 275 g/mol. The Bertz CT molecular complexity index is 562. The first-order valence-electron chi connectivity index (χ1n) is 6.41. The first-order valence-corrected chi connectivity index (χ1v) is 6.41. The number of aliphatic hydroxyl groups is 2. The monoisotopic (exact) mass is 275 g/mol. The van der Waals surface area contributed by atoms with E-state index < -0.39 is 23.8 Å². The van der Waals surface area contributed by atoms with E-state index in [-0.39, 0.29) is 17.9 Å². The van der Waals surface area contributed by atoms with Crippen molar-refractivity contribution >= 4 is 11.7 Å². The number of β-amino-alcohol motifs (C(OH)–C–C–N with tert-alkyl or cyclic N) is 1. The number of Topliss-reactive ketones (excluding diaryl/α,β-unsaturated/α-hetero) is 1. The van der Waals surface area contributed by atoms with E-state index in [2.05, 4.69) is 0 Å². The zero-order valence-corrected chi connectivity index (χ0v) is 11.4. The molecule has 0 radical (unpaired) electrons. The summed E-state index contributed by atoms with van der Waals surface area (Å²) in [5.74, 6) is -1.49.